The molecule has 1 N–H and O–H groups in total. The third kappa shape index (κ3) is 3.57. The van der Waals surface area contributed by atoms with Crippen molar-refractivity contribution < 1.29 is 17.9 Å². The first-order valence-corrected chi connectivity index (χ1v) is 9.48. The van der Waals surface area contributed by atoms with E-state index in [1.165, 1.54) is 6.92 Å². The number of benzene rings is 1. The molecule has 6 nitrogen and oxygen atoms in total. The molecule has 2 aliphatic heterocycles. The second kappa shape index (κ2) is 6.59. The Kier molecular flexibility index (Phi) is 4.70. The molecule has 1 aromatic rings. The van der Waals surface area contributed by atoms with Gasteiger partial charge in [-0.3, -0.25) is 4.79 Å². The smallest absolute Gasteiger partial charge is 0.240 e. The van der Waals surface area contributed by atoms with E-state index in [1.54, 1.807) is 23.1 Å². The highest BCUT2D eigenvalue weighted by Crippen LogP contribution is 2.30. The molecule has 0 bridgehead atoms. The summed E-state index contributed by atoms with van der Waals surface area (Å²) in [7, 11) is -3.52. The molecule has 2 aliphatic rings. The van der Waals surface area contributed by atoms with Crippen LogP contribution >= 0.6 is 0 Å². The predicted molar refractivity (Wildman–Crippen MR) is 87.0 cm³/mol. The number of amides is 1. The minimum absolute atomic E-state index is 0.0194. The molecule has 1 atom stereocenters. The van der Waals surface area contributed by atoms with E-state index in [4.69, 9.17) is 4.74 Å². The second-order valence-corrected chi connectivity index (χ2v) is 7.80. The van der Waals surface area contributed by atoms with Crippen molar-refractivity contribution in [3.05, 3.63) is 23.8 Å². The molecular weight excluding hydrogens is 316 g/mol. The van der Waals surface area contributed by atoms with Crippen LogP contribution in [0.2, 0.25) is 0 Å². The van der Waals surface area contributed by atoms with E-state index in [1.807, 2.05) is 0 Å². The molecule has 3 rings (SSSR count). The Balaban J connectivity index is 1.67. The van der Waals surface area contributed by atoms with Gasteiger partial charge >= 0.3 is 0 Å². The number of sulfonamides is 1. The van der Waals surface area contributed by atoms with Crippen molar-refractivity contribution in [1.82, 2.24) is 4.72 Å². The molecule has 126 valence electrons. The van der Waals surface area contributed by atoms with Crippen molar-refractivity contribution in [1.29, 1.82) is 0 Å². The first-order valence-electron chi connectivity index (χ1n) is 8.00. The van der Waals surface area contributed by atoms with Crippen LogP contribution in [0.25, 0.3) is 0 Å². The number of hydrogen-bond donors (Lipinski definition) is 1. The Morgan fingerprint density at radius 1 is 1.43 bits per heavy atom. The normalized spacial score (nSPS) is 20.7. The van der Waals surface area contributed by atoms with Gasteiger partial charge in [0.25, 0.3) is 0 Å². The molecule has 2 heterocycles. The fraction of sp³-hybridized carbons (Fsp3) is 0.562. The van der Waals surface area contributed by atoms with Crippen LogP contribution in [0, 0.1) is 0 Å². The van der Waals surface area contributed by atoms with Gasteiger partial charge in [-0.25, -0.2) is 13.1 Å². The minimum atomic E-state index is -3.52. The number of nitrogens with one attached hydrogen (secondary N) is 1. The summed E-state index contributed by atoms with van der Waals surface area (Å²) in [5.41, 5.74) is 1.72. The van der Waals surface area contributed by atoms with E-state index in [9.17, 15) is 13.2 Å². The zero-order chi connectivity index (χ0) is 16.4. The molecule has 7 heteroatoms. The molecule has 1 amide bonds. The standard InChI is InChI=1S/C16H22N2O4S/c1-12(19)18-9-7-13-11-15(4-5-16(13)18)23(20,21)17-8-6-14-3-2-10-22-14/h4-5,11,14,17H,2-3,6-10H2,1H3. The second-order valence-electron chi connectivity index (χ2n) is 6.03. The lowest BCUT2D eigenvalue weighted by Gasteiger charge is -2.15. The quantitative estimate of drug-likeness (QED) is 0.881. The van der Waals surface area contributed by atoms with Crippen LogP contribution in [-0.2, 0) is 26.0 Å². The van der Waals surface area contributed by atoms with Crippen LogP contribution < -0.4 is 9.62 Å². The van der Waals surface area contributed by atoms with Gasteiger partial charge in [-0.1, -0.05) is 0 Å². The van der Waals surface area contributed by atoms with Crippen LogP contribution in [0.1, 0.15) is 31.7 Å². The van der Waals surface area contributed by atoms with Gasteiger partial charge in [-0.2, -0.15) is 0 Å². The van der Waals surface area contributed by atoms with Crippen LogP contribution in [0.4, 0.5) is 5.69 Å². The minimum Gasteiger partial charge on any atom is -0.378 e. The summed E-state index contributed by atoms with van der Waals surface area (Å²) in [6.45, 7) is 3.28. The van der Waals surface area contributed by atoms with Gasteiger partial charge < -0.3 is 9.64 Å². The lowest BCUT2D eigenvalue weighted by atomic mass is 10.2. The molecule has 0 radical (unpaired) electrons. The first kappa shape index (κ1) is 16.4. The largest absolute Gasteiger partial charge is 0.378 e. The SMILES string of the molecule is CC(=O)N1CCc2cc(S(=O)(=O)NCCC3CCCO3)ccc21. The maximum atomic E-state index is 12.4. The van der Waals surface area contributed by atoms with Crippen molar-refractivity contribution in [3.8, 4) is 0 Å². The van der Waals surface area contributed by atoms with Gasteiger partial charge in [0.15, 0.2) is 0 Å². The Hall–Kier alpha value is -1.44. The first-order chi connectivity index (χ1) is 11.0. The number of nitrogens with zero attached hydrogens (tertiary/aromatic N) is 1. The summed E-state index contributed by atoms with van der Waals surface area (Å²) >= 11 is 0. The van der Waals surface area contributed by atoms with E-state index in [2.05, 4.69) is 4.72 Å². The summed E-state index contributed by atoms with van der Waals surface area (Å²) in [6, 6.07) is 4.96. The van der Waals surface area contributed by atoms with E-state index < -0.39 is 10.0 Å². The highest BCUT2D eigenvalue weighted by Gasteiger charge is 2.25. The summed E-state index contributed by atoms with van der Waals surface area (Å²) in [4.78, 5) is 13.5. The summed E-state index contributed by atoms with van der Waals surface area (Å²) in [5.74, 6) is -0.0194. The number of carbonyl (C=O) groups excluding carboxylic acids is 1. The maximum absolute atomic E-state index is 12.4. The van der Waals surface area contributed by atoms with Crippen molar-refractivity contribution in [3.63, 3.8) is 0 Å². The van der Waals surface area contributed by atoms with Gasteiger partial charge in [0, 0.05) is 32.3 Å². The highest BCUT2D eigenvalue weighted by atomic mass is 32.2. The highest BCUT2D eigenvalue weighted by molar-refractivity contribution is 7.89. The number of rotatable bonds is 5. The van der Waals surface area contributed by atoms with E-state index in [0.717, 1.165) is 30.7 Å². The van der Waals surface area contributed by atoms with Crippen LogP contribution in [-0.4, -0.2) is 40.1 Å². The lowest BCUT2D eigenvalue weighted by Crippen LogP contribution is -2.27. The van der Waals surface area contributed by atoms with Crippen LogP contribution in [0.5, 0.6) is 0 Å². The zero-order valence-corrected chi connectivity index (χ0v) is 14.1. The maximum Gasteiger partial charge on any atom is 0.240 e. The molecule has 23 heavy (non-hydrogen) atoms. The van der Waals surface area contributed by atoms with Gasteiger partial charge in [0.05, 0.1) is 11.0 Å². The van der Waals surface area contributed by atoms with E-state index in [0.29, 0.717) is 25.9 Å². The van der Waals surface area contributed by atoms with Crippen molar-refractivity contribution >= 4 is 21.6 Å². The van der Waals surface area contributed by atoms with E-state index >= 15 is 0 Å². The molecule has 1 aromatic carbocycles. The van der Waals surface area contributed by atoms with Crippen LogP contribution in [0.3, 0.4) is 0 Å². The molecule has 0 aromatic heterocycles. The number of ether oxygens (including phenoxy) is 1. The van der Waals surface area contributed by atoms with Gasteiger partial charge in [-0.05, 0) is 49.4 Å². The molecule has 0 saturated carbocycles. The zero-order valence-electron chi connectivity index (χ0n) is 13.2. The summed E-state index contributed by atoms with van der Waals surface area (Å²) in [6.07, 6.45) is 3.61. The fourth-order valence-corrected chi connectivity index (χ4v) is 4.28. The Labute approximate surface area is 136 Å². The average molecular weight is 338 g/mol. The van der Waals surface area contributed by atoms with Gasteiger partial charge in [0.1, 0.15) is 0 Å². The number of anilines is 1. The Bertz CT molecular complexity index is 696. The number of carbonyl (C=O) groups is 1. The Morgan fingerprint density at radius 2 is 2.26 bits per heavy atom. The summed E-state index contributed by atoms with van der Waals surface area (Å²) in [5, 5.41) is 0. The summed E-state index contributed by atoms with van der Waals surface area (Å²) < 4.78 is 32.9. The van der Waals surface area contributed by atoms with Gasteiger partial charge in [-0.15, -0.1) is 0 Å². The van der Waals surface area contributed by atoms with E-state index in [-0.39, 0.29) is 16.9 Å². The molecule has 0 spiro atoms. The molecule has 1 unspecified atom stereocenters. The molecular formula is C16H22N2O4S. The monoisotopic (exact) mass is 338 g/mol. The van der Waals surface area contributed by atoms with Crippen molar-refractivity contribution in [2.75, 3.05) is 24.6 Å². The van der Waals surface area contributed by atoms with Crippen molar-refractivity contribution in [2.24, 2.45) is 0 Å². The molecule has 1 saturated heterocycles. The third-order valence-corrected chi connectivity index (χ3v) is 5.88. The number of fused-ring (bicyclic) bond motifs is 1. The fourth-order valence-electron chi connectivity index (χ4n) is 3.18. The van der Waals surface area contributed by atoms with Crippen LogP contribution in [0.15, 0.2) is 23.1 Å². The molecule has 1 fully saturated rings. The lowest BCUT2D eigenvalue weighted by molar-refractivity contribution is -0.116. The van der Waals surface area contributed by atoms with Crippen molar-refractivity contribution in [2.45, 2.75) is 43.6 Å². The Morgan fingerprint density at radius 3 is 2.96 bits per heavy atom. The molecule has 0 aliphatic carbocycles. The average Bonchev–Trinajstić information content (AvgIpc) is 3.15. The predicted octanol–water partition coefficient (Wildman–Crippen LogP) is 1.44. The topological polar surface area (TPSA) is 75.7 Å². The third-order valence-electron chi connectivity index (χ3n) is 4.42. The number of hydrogen-bond acceptors (Lipinski definition) is 4. The van der Waals surface area contributed by atoms with Gasteiger partial charge in [0.2, 0.25) is 15.9 Å².